The smallest absolute Gasteiger partial charge is 0.323 e. The third-order valence-corrected chi connectivity index (χ3v) is 3.58. The zero-order valence-electron chi connectivity index (χ0n) is 12.0. The summed E-state index contributed by atoms with van der Waals surface area (Å²) in [5.41, 5.74) is 5.08. The molecule has 0 radical (unpaired) electrons. The lowest BCUT2D eigenvalue weighted by molar-refractivity contribution is -0.142. The van der Waals surface area contributed by atoms with Crippen molar-refractivity contribution in [1.82, 2.24) is 0 Å². The van der Waals surface area contributed by atoms with Gasteiger partial charge in [-0.15, -0.1) is 0 Å². The number of furan rings is 1. The highest BCUT2D eigenvalue weighted by atomic mass is 32.2. The SMILES string of the molecule is COC(=O)C(N)Cc1cc(S(N)(=O)=O)c(C(C)(C)C)o1. The van der Waals surface area contributed by atoms with Crippen LogP contribution in [0, 0.1) is 0 Å². The number of nitrogens with two attached hydrogens (primary N) is 2. The normalized spacial score (nSPS) is 14.1. The van der Waals surface area contributed by atoms with Crippen molar-refractivity contribution < 1.29 is 22.4 Å². The molecular weight excluding hydrogens is 284 g/mol. The molecule has 0 saturated carbocycles. The molecule has 0 aliphatic carbocycles. The number of carbonyl (C=O) groups excluding carboxylic acids is 1. The highest BCUT2D eigenvalue weighted by molar-refractivity contribution is 7.89. The fraction of sp³-hybridized carbons (Fsp3) is 0.583. The van der Waals surface area contributed by atoms with Crippen LogP contribution in [0.25, 0.3) is 0 Å². The van der Waals surface area contributed by atoms with Gasteiger partial charge in [-0.1, -0.05) is 20.8 Å². The Kier molecular flexibility index (Phi) is 4.62. The second-order valence-corrected chi connectivity index (χ2v) is 7.06. The van der Waals surface area contributed by atoms with Gasteiger partial charge in [0, 0.05) is 17.9 Å². The van der Waals surface area contributed by atoms with E-state index in [2.05, 4.69) is 4.74 Å². The van der Waals surface area contributed by atoms with Gasteiger partial charge in [0.05, 0.1) is 7.11 Å². The summed E-state index contributed by atoms with van der Waals surface area (Å²) in [6.45, 7) is 5.39. The first-order valence-corrected chi connectivity index (χ1v) is 7.51. The van der Waals surface area contributed by atoms with Gasteiger partial charge in [-0.3, -0.25) is 4.79 Å². The molecule has 8 heteroatoms. The number of sulfonamides is 1. The maximum atomic E-state index is 11.6. The van der Waals surface area contributed by atoms with Crippen molar-refractivity contribution in [3.63, 3.8) is 0 Å². The first-order chi connectivity index (χ1) is 8.96. The Labute approximate surface area is 118 Å². The molecule has 114 valence electrons. The average Bonchev–Trinajstić information content (AvgIpc) is 2.71. The molecule has 1 heterocycles. The van der Waals surface area contributed by atoms with E-state index in [0.29, 0.717) is 0 Å². The topological polar surface area (TPSA) is 126 Å². The molecule has 1 rings (SSSR count). The van der Waals surface area contributed by atoms with E-state index in [0.717, 1.165) is 0 Å². The van der Waals surface area contributed by atoms with Crippen molar-refractivity contribution in [3.05, 3.63) is 17.6 Å². The maximum absolute atomic E-state index is 11.6. The molecular formula is C12H20N2O5S. The molecule has 0 spiro atoms. The van der Waals surface area contributed by atoms with E-state index in [1.807, 2.05) is 0 Å². The Hall–Kier alpha value is -1.38. The second-order valence-electron chi connectivity index (χ2n) is 5.53. The number of ether oxygens (including phenoxy) is 1. The van der Waals surface area contributed by atoms with Crippen LogP contribution in [0.4, 0.5) is 0 Å². The van der Waals surface area contributed by atoms with E-state index in [1.54, 1.807) is 20.8 Å². The van der Waals surface area contributed by atoms with E-state index in [9.17, 15) is 13.2 Å². The average molecular weight is 304 g/mol. The number of esters is 1. The van der Waals surface area contributed by atoms with Gasteiger partial charge >= 0.3 is 5.97 Å². The fourth-order valence-electron chi connectivity index (χ4n) is 1.71. The van der Waals surface area contributed by atoms with Crippen LogP contribution in [0.1, 0.15) is 32.3 Å². The third-order valence-electron chi connectivity index (χ3n) is 2.66. The standard InChI is InChI=1S/C12H20N2O5S/c1-12(2,3)10-9(20(14,16)17)6-7(19-10)5-8(13)11(15)18-4/h6,8H,5,13H2,1-4H3,(H2,14,16,17). The van der Waals surface area contributed by atoms with Crippen LogP contribution in [0.2, 0.25) is 0 Å². The van der Waals surface area contributed by atoms with Crippen LogP contribution in [-0.2, 0) is 31.4 Å². The molecule has 4 N–H and O–H groups in total. The molecule has 7 nitrogen and oxygen atoms in total. The van der Waals surface area contributed by atoms with Crippen molar-refractivity contribution in [2.45, 2.75) is 43.5 Å². The lowest BCUT2D eigenvalue weighted by Gasteiger charge is -2.16. The second kappa shape index (κ2) is 5.55. The van der Waals surface area contributed by atoms with Gasteiger partial charge < -0.3 is 14.9 Å². The van der Waals surface area contributed by atoms with Gasteiger partial charge in [0.1, 0.15) is 22.5 Å². The van der Waals surface area contributed by atoms with Gasteiger partial charge in [-0.05, 0) is 0 Å². The Balaban J connectivity index is 3.20. The van der Waals surface area contributed by atoms with E-state index in [1.165, 1.54) is 13.2 Å². The van der Waals surface area contributed by atoms with Gasteiger partial charge in [-0.2, -0.15) is 0 Å². The van der Waals surface area contributed by atoms with Crippen molar-refractivity contribution in [2.24, 2.45) is 10.9 Å². The molecule has 0 aliphatic heterocycles. The fourth-order valence-corrected chi connectivity index (χ4v) is 2.61. The Morgan fingerprint density at radius 3 is 2.35 bits per heavy atom. The van der Waals surface area contributed by atoms with Gasteiger partial charge in [0.25, 0.3) is 0 Å². The van der Waals surface area contributed by atoms with Crippen molar-refractivity contribution in [2.75, 3.05) is 7.11 Å². The van der Waals surface area contributed by atoms with Gasteiger partial charge in [0.2, 0.25) is 10.0 Å². The molecule has 0 bridgehead atoms. The summed E-state index contributed by atoms with van der Waals surface area (Å²) in [4.78, 5) is 11.2. The van der Waals surface area contributed by atoms with Crippen LogP contribution < -0.4 is 10.9 Å². The molecule has 1 aromatic rings. The molecule has 20 heavy (non-hydrogen) atoms. The first-order valence-electron chi connectivity index (χ1n) is 5.96. The largest absolute Gasteiger partial charge is 0.468 e. The molecule has 0 amide bonds. The predicted octanol–water partition coefficient (Wildman–Crippen LogP) is 0.267. The maximum Gasteiger partial charge on any atom is 0.323 e. The molecule has 0 aromatic carbocycles. The molecule has 1 aromatic heterocycles. The summed E-state index contributed by atoms with van der Waals surface area (Å²) in [5, 5.41) is 5.17. The number of hydrogen-bond donors (Lipinski definition) is 2. The minimum absolute atomic E-state index is 0.0330. The van der Waals surface area contributed by atoms with Gasteiger partial charge in [0.15, 0.2) is 0 Å². The van der Waals surface area contributed by atoms with Gasteiger partial charge in [-0.25, -0.2) is 13.6 Å². The Morgan fingerprint density at radius 2 is 2.00 bits per heavy atom. The molecule has 1 unspecified atom stereocenters. The zero-order valence-corrected chi connectivity index (χ0v) is 12.8. The highest BCUT2D eigenvalue weighted by Crippen LogP contribution is 2.31. The minimum Gasteiger partial charge on any atom is -0.468 e. The molecule has 0 fully saturated rings. The predicted molar refractivity (Wildman–Crippen MR) is 72.5 cm³/mol. The van der Waals surface area contributed by atoms with Crippen LogP contribution in [-0.4, -0.2) is 27.5 Å². The zero-order chi connectivity index (χ0) is 15.7. The van der Waals surface area contributed by atoms with Crippen LogP contribution >= 0.6 is 0 Å². The summed E-state index contributed by atoms with van der Waals surface area (Å²) >= 11 is 0. The Bertz CT molecular complexity index is 598. The number of methoxy groups -OCH3 is 1. The van der Waals surface area contributed by atoms with Crippen molar-refractivity contribution in [3.8, 4) is 0 Å². The van der Waals surface area contributed by atoms with Crippen molar-refractivity contribution in [1.29, 1.82) is 0 Å². The third kappa shape index (κ3) is 3.81. The van der Waals surface area contributed by atoms with E-state index in [4.69, 9.17) is 15.3 Å². The first kappa shape index (κ1) is 16.7. The summed E-state index contributed by atoms with van der Waals surface area (Å²) < 4.78 is 33.2. The summed E-state index contributed by atoms with van der Waals surface area (Å²) in [6, 6.07) is 0.380. The van der Waals surface area contributed by atoms with Crippen LogP contribution in [0.5, 0.6) is 0 Å². The minimum atomic E-state index is -3.91. The lowest BCUT2D eigenvalue weighted by Crippen LogP contribution is -2.33. The molecule has 0 aliphatic rings. The number of carbonyl (C=O) groups is 1. The van der Waals surface area contributed by atoms with E-state index >= 15 is 0 Å². The number of rotatable bonds is 4. The summed E-state index contributed by atoms with van der Waals surface area (Å²) in [5.74, 6) is -0.0835. The Morgan fingerprint density at radius 1 is 1.45 bits per heavy atom. The van der Waals surface area contributed by atoms with E-state index < -0.39 is 27.4 Å². The molecule has 0 saturated heterocycles. The van der Waals surface area contributed by atoms with E-state index in [-0.39, 0.29) is 22.8 Å². The summed E-state index contributed by atoms with van der Waals surface area (Å²) in [7, 11) is -2.69. The van der Waals surface area contributed by atoms with Crippen LogP contribution in [0.3, 0.4) is 0 Å². The quantitative estimate of drug-likeness (QED) is 0.769. The number of primary sulfonamides is 1. The van der Waals surface area contributed by atoms with Crippen molar-refractivity contribution >= 4 is 16.0 Å². The highest BCUT2D eigenvalue weighted by Gasteiger charge is 2.30. The summed E-state index contributed by atoms with van der Waals surface area (Å²) in [6.07, 6.45) is 0.0330. The monoisotopic (exact) mass is 304 g/mol. The lowest BCUT2D eigenvalue weighted by atomic mass is 9.93. The molecule has 1 atom stereocenters. The van der Waals surface area contributed by atoms with Crippen LogP contribution in [0.15, 0.2) is 15.4 Å². The number of hydrogen-bond acceptors (Lipinski definition) is 6.